The van der Waals surface area contributed by atoms with Gasteiger partial charge in [-0.2, -0.15) is 4.37 Å². The maximum atomic E-state index is 11.1. The molecule has 124 valence electrons. The number of benzene rings is 1. The number of nitrogens with zero attached hydrogens (tertiary/aromatic N) is 4. The molecule has 2 aromatic rings. The lowest BCUT2D eigenvalue weighted by Gasteiger charge is -2.23. The van der Waals surface area contributed by atoms with E-state index < -0.39 is 4.92 Å². The normalized spacial score (nSPS) is 17.7. The standard InChI is InChI=1S/C17H18N4O2S/c1-11-15(21(22)23)16(24-19-11)18-10-9-14-17(2,3)12-7-5-6-8-13(12)20(14)4/h5-10H,1-4H3. The number of fused-ring (bicyclic) bond motifs is 1. The summed E-state index contributed by atoms with van der Waals surface area (Å²) in [7, 11) is 2.02. The lowest BCUT2D eigenvalue weighted by molar-refractivity contribution is -0.384. The summed E-state index contributed by atoms with van der Waals surface area (Å²) < 4.78 is 4.02. The van der Waals surface area contributed by atoms with Gasteiger partial charge < -0.3 is 4.90 Å². The van der Waals surface area contributed by atoms with Gasteiger partial charge >= 0.3 is 5.69 Å². The summed E-state index contributed by atoms with van der Waals surface area (Å²) in [5, 5.41) is 11.4. The summed E-state index contributed by atoms with van der Waals surface area (Å²) in [6, 6.07) is 8.27. The van der Waals surface area contributed by atoms with E-state index in [-0.39, 0.29) is 11.1 Å². The van der Waals surface area contributed by atoms with Gasteiger partial charge in [-0.05, 0) is 36.2 Å². The number of aliphatic imine (C=N–C) groups is 1. The molecule has 24 heavy (non-hydrogen) atoms. The molecule has 0 bridgehead atoms. The molecule has 0 saturated carbocycles. The van der Waals surface area contributed by atoms with Crippen LogP contribution in [0.4, 0.5) is 16.4 Å². The van der Waals surface area contributed by atoms with Gasteiger partial charge in [-0.3, -0.25) is 10.1 Å². The van der Waals surface area contributed by atoms with Crippen LogP contribution in [0.15, 0.2) is 41.0 Å². The summed E-state index contributed by atoms with van der Waals surface area (Å²) in [6.45, 7) is 5.94. The maximum absolute atomic E-state index is 11.1. The zero-order valence-corrected chi connectivity index (χ0v) is 14.8. The van der Waals surface area contributed by atoms with Crippen LogP contribution in [0, 0.1) is 17.0 Å². The Labute approximate surface area is 144 Å². The molecule has 0 N–H and O–H groups in total. The number of aromatic nitrogens is 1. The third kappa shape index (κ3) is 2.50. The number of anilines is 1. The predicted molar refractivity (Wildman–Crippen MR) is 97.6 cm³/mol. The van der Waals surface area contributed by atoms with Crippen LogP contribution in [0.5, 0.6) is 0 Å². The number of aryl methyl sites for hydroxylation is 1. The number of likely N-dealkylation sites (N-methyl/N-ethyl adjacent to an activating group) is 1. The van der Waals surface area contributed by atoms with Gasteiger partial charge in [0.25, 0.3) is 0 Å². The van der Waals surface area contributed by atoms with Crippen LogP contribution in [0.1, 0.15) is 25.1 Å². The van der Waals surface area contributed by atoms with Crippen molar-refractivity contribution in [3.05, 3.63) is 57.4 Å². The first-order valence-electron chi connectivity index (χ1n) is 7.52. The van der Waals surface area contributed by atoms with Gasteiger partial charge in [0.2, 0.25) is 5.00 Å². The van der Waals surface area contributed by atoms with Crippen molar-refractivity contribution in [1.82, 2.24) is 4.37 Å². The first kappa shape index (κ1) is 16.3. The minimum Gasteiger partial charge on any atom is -0.347 e. The van der Waals surface area contributed by atoms with Crippen LogP contribution in [-0.4, -0.2) is 22.6 Å². The van der Waals surface area contributed by atoms with Crippen molar-refractivity contribution in [2.24, 2.45) is 4.99 Å². The second-order valence-corrected chi connectivity index (χ2v) is 6.96. The molecule has 1 aliphatic heterocycles. The van der Waals surface area contributed by atoms with Gasteiger partial charge in [0.1, 0.15) is 5.69 Å². The summed E-state index contributed by atoms with van der Waals surface area (Å²) in [5.41, 5.74) is 3.75. The molecule has 3 rings (SSSR count). The van der Waals surface area contributed by atoms with E-state index in [0.717, 1.165) is 17.2 Å². The summed E-state index contributed by atoms with van der Waals surface area (Å²) >= 11 is 1.04. The fourth-order valence-electron chi connectivity index (χ4n) is 3.13. The monoisotopic (exact) mass is 342 g/mol. The number of hydrogen-bond donors (Lipinski definition) is 0. The van der Waals surface area contributed by atoms with Gasteiger partial charge in [-0.15, -0.1) is 0 Å². The number of rotatable bonds is 3. The van der Waals surface area contributed by atoms with Crippen molar-refractivity contribution in [2.45, 2.75) is 26.2 Å². The number of hydrogen-bond acceptors (Lipinski definition) is 6. The van der Waals surface area contributed by atoms with E-state index in [1.165, 1.54) is 11.3 Å². The van der Waals surface area contributed by atoms with E-state index >= 15 is 0 Å². The van der Waals surface area contributed by atoms with E-state index in [4.69, 9.17) is 0 Å². The van der Waals surface area contributed by atoms with Gasteiger partial charge in [0.05, 0.1) is 4.92 Å². The zero-order chi connectivity index (χ0) is 17.5. The molecular formula is C17H18N4O2S. The summed E-state index contributed by atoms with van der Waals surface area (Å²) in [6.07, 6.45) is 3.54. The van der Waals surface area contributed by atoms with Gasteiger partial charge in [0.15, 0.2) is 0 Å². The molecule has 1 aliphatic rings. The topological polar surface area (TPSA) is 71.6 Å². The number of allylic oxidation sites excluding steroid dienone is 2. The largest absolute Gasteiger partial charge is 0.347 e. The molecule has 0 radical (unpaired) electrons. The zero-order valence-electron chi connectivity index (χ0n) is 14.0. The molecule has 2 heterocycles. The second kappa shape index (κ2) is 5.83. The highest BCUT2D eigenvalue weighted by atomic mass is 32.1. The molecule has 1 aromatic carbocycles. The van der Waals surface area contributed by atoms with Crippen LogP contribution in [0.25, 0.3) is 0 Å². The molecule has 7 heteroatoms. The van der Waals surface area contributed by atoms with Crippen molar-refractivity contribution in [3.8, 4) is 0 Å². The van der Waals surface area contributed by atoms with Crippen molar-refractivity contribution in [2.75, 3.05) is 11.9 Å². The van der Waals surface area contributed by atoms with Crippen LogP contribution in [0.2, 0.25) is 0 Å². The van der Waals surface area contributed by atoms with Crippen molar-refractivity contribution in [3.63, 3.8) is 0 Å². The third-order valence-corrected chi connectivity index (χ3v) is 5.20. The van der Waals surface area contributed by atoms with Crippen LogP contribution < -0.4 is 4.90 Å². The highest BCUT2D eigenvalue weighted by Crippen LogP contribution is 2.46. The van der Waals surface area contributed by atoms with Gasteiger partial charge in [-0.25, -0.2) is 4.99 Å². The Bertz CT molecular complexity index is 867. The first-order valence-corrected chi connectivity index (χ1v) is 8.30. The fourth-order valence-corrected chi connectivity index (χ4v) is 3.85. The van der Waals surface area contributed by atoms with Gasteiger partial charge in [0, 0.05) is 30.1 Å². The van der Waals surface area contributed by atoms with E-state index in [0.29, 0.717) is 10.7 Å². The molecule has 1 aromatic heterocycles. The van der Waals surface area contributed by atoms with Crippen molar-refractivity contribution < 1.29 is 4.92 Å². The smallest absolute Gasteiger partial charge is 0.328 e. The Balaban J connectivity index is 1.95. The highest BCUT2D eigenvalue weighted by Gasteiger charge is 2.37. The average Bonchev–Trinajstić information content (AvgIpc) is 2.99. The molecule has 0 saturated heterocycles. The molecule has 0 atom stereocenters. The Hall–Kier alpha value is -2.54. The van der Waals surface area contributed by atoms with Crippen LogP contribution >= 0.6 is 11.5 Å². The van der Waals surface area contributed by atoms with E-state index in [2.05, 4.69) is 40.2 Å². The Morgan fingerprint density at radius 2 is 2.08 bits per heavy atom. The second-order valence-electron chi connectivity index (χ2n) is 6.21. The molecule has 0 unspecified atom stereocenters. The molecular weight excluding hydrogens is 324 g/mol. The van der Waals surface area contributed by atoms with Crippen LogP contribution in [-0.2, 0) is 5.41 Å². The maximum Gasteiger partial charge on any atom is 0.328 e. The first-order chi connectivity index (χ1) is 11.3. The SMILES string of the molecule is Cc1nsc(N=CC=C2N(C)c3ccccc3C2(C)C)c1[N+](=O)[O-]. The predicted octanol–water partition coefficient (Wildman–Crippen LogP) is 4.37. The van der Waals surface area contributed by atoms with Crippen molar-refractivity contribution in [1.29, 1.82) is 0 Å². The van der Waals surface area contributed by atoms with Gasteiger partial charge in [-0.1, -0.05) is 32.0 Å². The fraction of sp³-hybridized carbons (Fsp3) is 0.294. The Morgan fingerprint density at radius 3 is 2.75 bits per heavy atom. The third-order valence-electron chi connectivity index (χ3n) is 4.36. The molecule has 0 amide bonds. The Morgan fingerprint density at radius 1 is 1.38 bits per heavy atom. The molecule has 6 nitrogen and oxygen atoms in total. The summed E-state index contributed by atoms with van der Waals surface area (Å²) in [5.74, 6) is 0. The molecule has 0 spiro atoms. The quantitative estimate of drug-likeness (QED) is 0.471. The number of nitro groups is 1. The van der Waals surface area contributed by atoms with Crippen molar-refractivity contribution >= 4 is 34.1 Å². The van der Waals surface area contributed by atoms with E-state index in [1.54, 1.807) is 13.1 Å². The van der Waals surface area contributed by atoms with E-state index in [9.17, 15) is 10.1 Å². The lowest BCUT2D eigenvalue weighted by atomic mass is 9.84. The van der Waals surface area contributed by atoms with E-state index in [1.807, 2.05) is 25.3 Å². The minimum atomic E-state index is -0.430. The average molecular weight is 342 g/mol. The highest BCUT2D eigenvalue weighted by molar-refractivity contribution is 7.10. The molecule has 0 aliphatic carbocycles. The summed E-state index contributed by atoms with van der Waals surface area (Å²) in [4.78, 5) is 17.1. The Kier molecular flexibility index (Phi) is 3.96. The lowest BCUT2D eigenvalue weighted by Crippen LogP contribution is -2.22. The number of para-hydroxylation sites is 1. The minimum absolute atomic E-state index is 0.0167. The molecule has 0 fully saturated rings. The van der Waals surface area contributed by atoms with Crippen LogP contribution in [0.3, 0.4) is 0 Å².